The molecule has 1 aromatic carbocycles. The van der Waals surface area contributed by atoms with E-state index in [1.165, 1.54) is 0 Å². The first-order chi connectivity index (χ1) is 10.5. The minimum absolute atomic E-state index is 0. The van der Waals surface area contributed by atoms with Gasteiger partial charge in [0.1, 0.15) is 13.2 Å². The van der Waals surface area contributed by atoms with Crippen LogP contribution in [0.2, 0.25) is 5.02 Å². The highest BCUT2D eigenvalue weighted by Crippen LogP contribution is 2.38. The lowest BCUT2D eigenvalue weighted by molar-refractivity contribution is -0.141. The second-order valence-corrected chi connectivity index (χ2v) is 5.85. The summed E-state index contributed by atoms with van der Waals surface area (Å²) in [4.78, 5) is 24.8. The van der Waals surface area contributed by atoms with Gasteiger partial charge in [-0.2, -0.15) is 0 Å². The lowest BCUT2D eigenvalue weighted by Gasteiger charge is -2.21. The fourth-order valence-corrected chi connectivity index (χ4v) is 3.03. The lowest BCUT2D eigenvalue weighted by Crippen LogP contribution is -2.31. The third kappa shape index (κ3) is 3.82. The molecule has 1 unspecified atom stereocenters. The second kappa shape index (κ2) is 7.27. The molecule has 23 heavy (non-hydrogen) atoms. The van der Waals surface area contributed by atoms with E-state index in [1.807, 2.05) is 0 Å². The summed E-state index contributed by atoms with van der Waals surface area (Å²) in [5.41, 5.74) is 0.734. The number of amides is 1. The number of hydrogen-bond donors (Lipinski definition) is 1. The molecule has 2 heterocycles. The van der Waals surface area contributed by atoms with Gasteiger partial charge in [-0.15, -0.1) is 12.4 Å². The number of hydrogen-bond acceptors (Lipinski definition) is 4. The smallest absolute Gasteiger partial charge is 0.308 e. The SMILES string of the molecule is Cl.O=C(O)C1CCN(C(=O)Cc2cc(Cl)c3c(c2)OCCO3)C1. The van der Waals surface area contributed by atoms with Gasteiger partial charge in [-0.3, -0.25) is 9.59 Å². The van der Waals surface area contributed by atoms with E-state index < -0.39 is 11.9 Å². The third-order valence-electron chi connectivity index (χ3n) is 3.90. The number of fused-ring (bicyclic) bond motifs is 1. The Bertz CT molecular complexity index is 622. The quantitative estimate of drug-likeness (QED) is 0.890. The topological polar surface area (TPSA) is 76.1 Å². The molecule has 8 heteroatoms. The summed E-state index contributed by atoms with van der Waals surface area (Å²) in [6.45, 7) is 1.66. The van der Waals surface area contributed by atoms with Crippen LogP contribution in [0.5, 0.6) is 11.5 Å². The fourth-order valence-electron chi connectivity index (χ4n) is 2.74. The molecule has 1 N–H and O–H groups in total. The summed E-state index contributed by atoms with van der Waals surface area (Å²) in [6, 6.07) is 3.45. The molecule has 1 fully saturated rings. The van der Waals surface area contributed by atoms with Crippen molar-refractivity contribution in [1.29, 1.82) is 0 Å². The molecule has 0 saturated carbocycles. The van der Waals surface area contributed by atoms with Gasteiger partial charge in [-0.25, -0.2) is 0 Å². The van der Waals surface area contributed by atoms with E-state index in [-0.39, 0.29) is 31.3 Å². The van der Waals surface area contributed by atoms with E-state index >= 15 is 0 Å². The number of ether oxygens (including phenoxy) is 2. The van der Waals surface area contributed by atoms with Gasteiger partial charge in [0, 0.05) is 13.1 Å². The van der Waals surface area contributed by atoms with Crippen molar-refractivity contribution in [2.45, 2.75) is 12.8 Å². The van der Waals surface area contributed by atoms with E-state index in [2.05, 4.69) is 0 Å². The van der Waals surface area contributed by atoms with Crippen molar-refractivity contribution in [3.8, 4) is 11.5 Å². The van der Waals surface area contributed by atoms with Gasteiger partial charge < -0.3 is 19.5 Å². The number of carbonyl (C=O) groups excluding carboxylic acids is 1. The summed E-state index contributed by atoms with van der Waals surface area (Å²) >= 11 is 6.15. The van der Waals surface area contributed by atoms with E-state index in [0.717, 1.165) is 5.56 Å². The van der Waals surface area contributed by atoms with Gasteiger partial charge in [-0.1, -0.05) is 11.6 Å². The number of carboxylic acids is 1. The molecule has 3 rings (SSSR count). The molecular formula is C15H17Cl2NO5. The Labute approximate surface area is 144 Å². The number of likely N-dealkylation sites (tertiary alicyclic amines) is 1. The van der Waals surface area contributed by atoms with Crippen molar-refractivity contribution in [3.05, 3.63) is 22.7 Å². The Kier molecular flexibility index (Phi) is 5.59. The first-order valence-electron chi connectivity index (χ1n) is 7.13. The number of halogens is 2. The van der Waals surface area contributed by atoms with Crippen molar-refractivity contribution in [2.24, 2.45) is 5.92 Å². The van der Waals surface area contributed by atoms with Gasteiger partial charge in [0.25, 0.3) is 0 Å². The maximum absolute atomic E-state index is 12.3. The highest BCUT2D eigenvalue weighted by atomic mass is 35.5. The molecule has 0 aliphatic carbocycles. The predicted molar refractivity (Wildman–Crippen MR) is 85.7 cm³/mol. The van der Waals surface area contributed by atoms with Crippen molar-refractivity contribution >= 4 is 35.9 Å². The number of carbonyl (C=O) groups is 2. The predicted octanol–water partition coefficient (Wildman–Crippen LogP) is 2.01. The molecule has 6 nitrogen and oxygen atoms in total. The van der Waals surface area contributed by atoms with Crippen LogP contribution >= 0.6 is 24.0 Å². The Morgan fingerprint density at radius 1 is 1.30 bits per heavy atom. The van der Waals surface area contributed by atoms with Crippen molar-refractivity contribution in [1.82, 2.24) is 4.90 Å². The number of rotatable bonds is 3. The molecule has 1 aromatic rings. The number of benzene rings is 1. The zero-order valence-corrected chi connectivity index (χ0v) is 13.9. The van der Waals surface area contributed by atoms with Crippen LogP contribution in [0.3, 0.4) is 0 Å². The first kappa shape index (κ1) is 17.7. The van der Waals surface area contributed by atoms with Crippen LogP contribution in [0.1, 0.15) is 12.0 Å². The van der Waals surface area contributed by atoms with Gasteiger partial charge in [0.05, 0.1) is 17.4 Å². The zero-order valence-electron chi connectivity index (χ0n) is 12.3. The largest absolute Gasteiger partial charge is 0.486 e. The van der Waals surface area contributed by atoms with Crippen LogP contribution in [0.4, 0.5) is 0 Å². The second-order valence-electron chi connectivity index (χ2n) is 5.44. The van der Waals surface area contributed by atoms with Gasteiger partial charge in [0.15, 0.2) is 11.5 Å². The first-order valence-corrected chi connectivity index (χ1v) is 7.51. The molecule has 126 valence electrons. The van der Waals surface area contributed by atoms with Gasteiger partial charge >= 0.3 is 5.97 Å². The highest BCUT2D eigenvalue weighted by molar-refractivity contribution is 6.32. The van der Waals surface area contributed by atoms with Gasteiger partial charge in [0.2, 0.25) is 5.91 Å². The monoisotopic (exact) mass is 361 g/mol. The van der Waals surface area contributed by atoms with Crippen LogP contribution in [0, 0.1) is 5.92 Å². The number of aliphatic carboxylic acids is 1. The average molecular weight is 362 g/mol. The molecule has 1 saturated heterocycles. The standard InChI is InChI=1S/C15H16ClNO5.ClH/c16-11-5-9(6-12-14(11)22-4-3-21-12)7-13(18)17-2-1-10(8-17)15(19)20;/h5-6,10H,1-4,7-8H2,(H,19,20);1H. The average Bonchev–Trinajstić information content (AvgIpc) is 2.97. The Morgan fingerprint density at radius 3 is 2.74 bits per heavy atom. The molecule has 0 bridgehead atoms. The van der Waals surface area contributed by atoms with Crippen LogP contribution < -0.4 is 9.47 Å². The Morgan fingerprint density at radius 2 is 2.04 bits per heavy atom. The summed E-state index contributed by atoms with van der Waals surface area (Å²) < 4.78 is 10.9. The summed E-state index contributed by atoms with van der Waals surface area (Å²) in [5.74, 6) is -0.357. The third-order valence-corrected chi connectivity index (χ3v) is 4.18. The van der Waals surface area contributed by atoms with E-state index in [1.54, 1.807) is 17.0 Å². The summed E-state index contributed by atoms with van der Waals surface area (Å²) in [7, 11) is 0. The molecule has 0 spiro atoms. The summed E-state index contributed by atoms with van der Waals surface area (Å²) in [5, 5.41) is 9.41. The van der Waals surface area contributed by atoms with Gasteiger partial charge in [-0.05, 0) is 24.1 Å². The van der Waals surface area contributed by atoms with Crippen LogP contribution in [0.15, 0.2) is 12.1 Å². The Balaban J connectivity index is 0.00000192. The molecule has 1 amide bonds. The maximum atomic E-state index is 12.3. The highest BCUT2D eigenvalue weighted by Gasteiger charge is 2.31. The minimum atomic E-state index is -0.849. The molecule has 1 atom stereocenters. The van der Waals surface area contributed by atoms with Crippen molar-refractivity contribution in [2.75, 3.05) is 26.3 Å². The Hall–Kier alpha value is -1.66. The lowest BCUT2D eigenvalue weighted by atomic mass is 10.1. The van der Waals surface area contributed by atoms with Crippen molar-refractivity contribution in [3.63, 3.8) is 0 Å². The molecule has 0 aromatic heterocycles. The van der Waals surface area contributed by atoms with Crippen molar-refractivity contribution < 1.29 is 24.2 Å². The maximum Gasteiger partial charge on any atom is 0.308 e. The number of nitrogens with zero attached hydrogens (tertiary/aromatic N) is 1. The van der Waals surface area contributed by atoms with E-state index in [9.17, 15) is 9.59 Å². The minimum Gasteiger partial charge on any atom is -0.486 e. The molecule has 2 aliphatic heterocycles. The van der Waals surface area contributed by atoms with Crippen LogP contribution in [0.25, 0.3) is 0 Å². The molecule has 0 radical (unpaired) electrons. The fraction of sp³-hybridized carbons (Fsp3) is 0.467. The van der Waals surface area contributed by atoms with Crippen LogP contribution in [-0.4, -0.2) is 48.2 Å². The molecular weight excluding hydrogens is 345 g/mol. The van der Waals surface area contributed by atoms with Crippen LogP contribution in [-0.2, 0) is 16.0 Å². The zero-order chi connectivity index (χ0) is 15.7. The van der Waals surface area contributed by atoms with E-state index in [0.29, 0.717) is 42.7 Å². The van der Waals surface area contributed by atoms with E-state index in [4.69, 9.17) is 26.2 Å². The number of carboxylic acid groups (broad SMARTS) is 1. The summed E-state index contributed by atoms with van der Waals surface area (Å²) in [6.07, 6.45) is 0.672. The normalized spacial score (nSPS) is 19.2. The molecule has 2 aliphatic rings.